The molecule has 1 unspecified atom stereocenters. The summed E-state index contributed by atoms with van der Waals surface area (Å²) in [6.45, 7) is 4.88. The van der Waals surface area contributed by atoms with E-state index in [1.807, 2.05) is 0 Å². The van der Waals surface area contributed by atoms with Crippen molar-refractivity contribution in [1.82, 2.24) is 0 Å². The molecule has 0 heterocycles. The molecular weight excluding hydrogens is 648 g/mol. The highest BCUT2D eigenvalue weighted by Gasteiger charge is 2.18. The Kier molecular flexibility index (Phi) is 42.1. The molecule has 0 rings (SSSR count). The summed E-state index contributed by atoms with van der Waals surface area (Å²) >= 11 is 0. The van der Waals surface area contributed by atoms with E-state index in [0.29, 0.717) is 12.8 Å². The zero-order valence-electron chi connectivity index (χ0n) is 33.0. The molecule has 9 nitrogen and oxygen atoms in total. The van der Waals surface area contributed by atoms with Gasteiger partial charge in [0.15, 0.2) is 6.10 Å². The molecular formula is C42H78O9. The summed E-state index contributed by atoms with van der Waals surface area (Å²) in [5, 5.41) is 24.0. The average Bonchev–Trinajstić information content (AvgIpc) is 3.12. The summed E-state index contributed by atoms with van der Waals surface area (Å²) in [6, 6.07) is 0. The van der Waals surface area contributed by atoms with Gasteiger partial charge in [-0.3, -0.25) is 14.4 Å². The maximum Gasteiger partial charge on any atom is 0.306 e. The molecule has 1 atom stereocenters. The number of unbranched alkanes of at least 4 members (excludes halogenated alkanes) is 20. The van der Waals surface area contributed by atoms with E-state index >= 15 is 0 Å². The van der Waals surface area contributed by atoms with E-state index in [4.69, 9.17) is 29.5 Å². The van der Waals surface area contributed by atoms with Crippen molar-refractivity contribution < 1.29 is 43.9 Å². The molecule has 0 bridgehead atoms. The maximum atomic E-state index is 12.4. The average molecular weight is 727 g/mol. The molecule has 0 fully saturated rings. The van der Waals surface area contributed by atoms with Crippen LogP contribution in [0, 0.1) is 0 Å². The van der Waals surface area contributed by atoms with Crippen molar-refractivity contribution in [2.24, 2.45) is 0 Å². The molecule has 0 amide bonds. The van der Waals surface area contributed by atoms with Crippen LogP contribution >= 0.6 is 0 Å². The number of allylic oxidation sites excluding steroid dienone is 4. The lowest BCUT2D eigenvalue weighted by atomic mass is 10.0. The fourth-order valence-corrected chi connectivity index (χ4v) is 5.25. The summed E-state index contributed by atoms with van der Waals surface area (Å²) in [5.74, 6) is -1.09. The maximum absolute atomic E-state index is 12.4. The van der Waals surface area contributed by atoms with Crippen molar-refractivity contribution in [3.05, 3.63) is 24.3 Å². The van der Waals surface area contributed by atoms with Crippen LogP contribution in [-0.2, 0) is 28.6 Å². The van der Waals surface area contributed by atoms with Crippen LogP contribution in [0.4, 0.5) is 0 Å². The summed E-state index contributed by atoms with van der Waals surface area (Å²) in [4.78, 5) is 35.9. The van der Waals surface area contributed by atoms with Crippen molar-refractivity contribution in [3.63, 3.8) is 0 Å². The summed E-state index contributed by atoms with van der Waals surface area (Å²) in [6.07, 6.45) is 36.6. The summed E-state index contributed by atoms with van der Waals surface area (Å²) in [5.41, 5.74) is 0. The third-order valence-electron chi connectivity index (χ3n) is 8.44. The Morgan fingerprint density at radius 1 is 0.529 bits per heavy atom. The Hall–Kier alpha value is -2.23. The van der Waals surface area contributed by atoms with Crippen LogP contribution in [0.25, 0.3) is 0 Å². The largest absolute Gasteiger partial charge is 0.462 e. The van der Waals surface area contributed by atoms with Gasteiger partial charge in [0, 0.05) is 19.8 Å². The second kappa shape index (κ2) is 42.2. The van der Waals surface area contributed by atoms with Gasteiger partial charge in [0.2, 0.25) is 0 Å². The van der Waals surface area contributed by atoms with Crippen molar-refractivity contribution >= 4 is 17.9 Å². The highest BCUT2D eigenvalue weighted by atomic mass is 16.6. The van der Waals surface area contributed by atoms with E-state index in [1.54, 1.807) is 0 Å². The van der Waals surface area contributed by atoms with Gasteiger partial charge in [0.25, 0.3) is 0 Å². The minimum atomic E-state index is -0.954. The van der Waals surface area contributed by atoms with Crippen molar-refractivity contribution in [3.8, 4) is 0 Å². The van der Waals surface area contributed by atoms with Gasteiger partial charge in [-0.05, 0) is 44.9 Å². The van der Waals surface area contributed by atoms with Crippen LogP contribution in [0.15, 0.2) is 24.3 Å². The third-order valence-corrected chi connectivity index (χ3v) is 8.44. The molecule has 3 N–H and O–H groups in total. The van der Waals surface area contributed by atoms with Crippen molar-refractivity contribution in [1.29, 1.82) is 0 Å². The zero-order chi connectivity index (χ0) is 38.0. The van der Waals surface area contributed by atoms with Gasteiger partial charge in [-0.1, -0.05) is 147 Å². The minimum Gasteiger partial charge on any atom is -0.462 e. The first-order valence-corrected chi connectivity index (χ1v) is 20.5. The molecule has 300 valence electrons. The van der Waals surface area contributed by atoms with Crippen LogP contribution < -0.4 is 0 Å². The quantitative estimate of drug-likeness (QED) is 0.0252. The number of carbonyl (C=O) groups is 3. The first-order valence-electron chi connectivity index (χ1n) is 20.5. The zero-order valence-corrected chi connectivity index (χ0v) is 33.0. The second-order valence-electron chi connectivity index (χ2n) is 13.6. The van der Waals surface area contributed by atoms with Crippen LogP contribution in [0.2, 0.25) is 0 Å². The van der Waals surface area contributed by atoms with Crippen LogP contribution in [0.5, 0.6) is 0 Å². The Morgan fingerprint density at radius 2 is 0.922 bits per heavy atom. The van der Waals surface area contributed by atoms with Gasteiger partial charge < -0.3 is 29.5 Å². The third kappa shape index (κ3) is 43.9. The van der Waals surface area contributed by atoms with Crippen LogP contribution in [0.3, 0.4) is 0 Å². The topological polar surface area (TPSA) is 140 Å². The van der Waals surface area contributed by atoms with Gasteiger partial charge in [-0.2, -0.15) is 0 Å². The molecule has 0 aliphatic rings. The Balaban J connectivity index is 0. The van der Waals surface area contributed by atoms with Crippen molar-refractivity contribution in [2.45, 2.75) is 200 Å². The molecule has 0 aliphatic heterocycles. The van der Waals surface area contributed by atoms with Gasteiger partial charge in [-0.25, -0.2) is 0 Å². The number of hydrogen-bond acceptors (Lipinski definition) is 9. The Morgan fingerprint density at radius 3 is 1.37 bits per heavy atom. The second-order valence-corrected chi connectivity index (χ2v) is 13.6. The number of hydrogen-bond donors (Lipinski definition) is 3. The lowest BCUT2D eigenvalue weighted by Gasteiger charge is -2.17. The fourth-order valence-electron chi connectivity index (χ4n) is 5.25. The molecule has 51 heavy (non-hydrogen) atoms. The van der Waals surface area contributed by atoms with E-state index in [2.05, 4.69) is 38.2 Å². The van der Waals surface area contributed by atoms with E-state index in [9.17, 15) is 14.4 Å². The van der Waals surface area contributed by atoms with Gasteiger partial charge >= 0.3 is 17.9 Å². The molecule has 0 saturated carbocycles. The molecule has 0 radical (unpaired) electrons. The molecule has 0 spiro atoms. The van der Waals surface area contributed by atoms with E-state index < -0.39 is 18.2 Å². The molecule has 9 heteroatoms. The first-order chi connectivity index (χ1) is 24.8. The van der Waals surface area contributed by atoms with Gasteiger partial charge in [0.1, 0.15) is 19.3 Å². The van der Waals surface area contributed by atoms with Crippen LogP contribution in [-0.4, -0.2) is 71.9 Å². The number of aliphatic hydroxyl groups excluding tert-OH is 3. The lowest BCUT2D eigenvalue weighted by Crippen LogP contribution is -2.30. The van der Waals surface area contributed by atoms with Crippen molar-refractivity contribution in [2.75, 3.05) is 26.4 Å². The van der Waals surface area contributed by atoms with E-state index in [0.717, 1.165) is 64.2 Å². The highest BCUT2D eigenvalue weighted by Crippen LogP contribution is 2.14. The first kappa shape index (κ1) is 50.9. The summed E-state index contributed by atoms with van der Waals surface area (Å²) < 4.78 is 15.9. The predicted molar refractivity (Wildman–Crippen MR) is 207 cm³/mol. The minimum absolute atomic E-state index is 0.0849. The molecule has 0 aromatic carbocycles. The Bertz CT molecular complexity index is 823. The number of carbonyl (C=O) groups excluding carboxylic acids is 3. The lowest BCUT2D eigenvalue weighted by molar-refractivity contribution is -0.166. The van der Waals surface area contributed by atoms with Gasteiger partial charge in [0.05, 0.1) is 13.2 Å². The van der Waals surface area contributed by atoms with E-state index in [-0.39, 0.29) is 38.4 Å². The number of ether oxygens (including phenoxy) is 3. The number of aliphatic hydroxyl groups is 3. The van der Waals surface area contributed by atoms with Crippen LogP contribution in [0.1, 0.15) is 188 Å². The fraction of sp³-hybridized carbons (Fsp3) is 0.833. The highest BCUT2D eigenvalue weighted by molar-refractivity contribution is 5.70. The Labute approximate surface area is 312 Å². The van der Waals surface area contributed by atoms with Gasteiger partial charge in [-0.15, -0.1) is 0 Å². The molecule has 0 aromatic rings. The molecule has 0 saturated heterocycles. The standard InChI is InChI=1S/C39H70O6.C3H8O3/c1-4-6-8-10-12-14-16-18-19-21-23-25-27-29-31-33-39(42)45-37(34-43-36(3)40)35-44-38(41)32-30-28-26-24-22-20-17-15-13-11-9-7-5-2;4-1-3(6)2-5/h12,14,18-19,37H,4-11,13,15-17,20-35H2,1-3H3;3-6H,1-2H2. The molecule has 0 aliphatic carbocycles. The smallest absolute Gasteiger partial charge is 0.306 e. The summed E-state index contributed by atoms with van der Waals surface area (Å²) in [7, 11) is 0. The SMILES string of the molecule is CCCCCC=CCC=CCCCCCCCC(=O)OC(COC(C)=O)COC(=O)CCCCCCCCCCCCCCC.OCC(O)CO. The predicted octanol–water partition coefficient (Wildman–Crippen LogP) is 9.63. The number of rotatable bonds is 35. The normalized spacial score (nSPS) is 11.9. The molecule has 0 aromatic heterocycles. The van der Waals surface area contributed by atoms with E-state index in [1.165, 1.54) is 96.8 Å². The monoisotopic (exact) mass is 727 g/mol. The number of esters is 3.